The van der Waals surface area contributed by atoms with Crippen molar-refractivity contribution < 1.29 is 39.8 Å². The zero-order valence-electron chi connectivity index (χ0n) is 44.7. The van der Waals surface area contributed by atoms with Crippen LogP contribution in [-0.4, -0.2) is 87.5 Å². The Kier molecular flexibility index (Phi) is 46.6. The largest absolute Gasteiger partial charge is 0.394 e. The van der Waals surface area contributed by atoms with Crippen LogP contribution in [-0.2, 0) is 14.3 Å². The number of amides is 1. The maximum atomic E-state index is 13.0. The van der Waals surface area contributed by atoms with Crippen molar-refractivity contribution in [1.82, 2.24) is 5.32 Å². The van der Waals surface area contributed by atoms with Crippen LogP contribution in [0.25, 0.3) is 0 Å². The average molecular weight is 983 g/mol. The van der Waals surface area contributed by atoms with Crippen molar-refractivity contribution in [1.29, 1.82) is 0 Å². The summed E-state index contributed by atoms with van der Waals surface area (Å²) >= 11 is 0. The van der Waals surface area contributed by atoms with Crippen LogP contribution < -0.4 is 5.32 Å². The van der Waals surface area contributed by atoms with Gasteiger partial charge in [0.05, 0.1) is 25.4 Å². The van der Waals surface area contributed by atoms with Gasteiger partial charge in [-0.25, -0.2) is 0 Å². The molecule has 404 valence electrons. The summed E-state index contributed by atoms with van der Waals surface area (Å²) in [5.41, 5.74) is 0. The average Bonchev–Trinajstić information content (AvgIpc) is 3.36. The van der Waals surface area contributed by atoms with E-state index in [1.807, 2.05) is 6.08 Å². The van der Waals surface area contributed by atoms with Gasteiger partial charge in [-0.05, 0) is 77.0 Å². The second-order valence-corrected chi connectivity index (χ2v) is 19.7. The van der Waals surface area contributed by atoms with Crippen LogP contribution >= 0.6 is 0 Å². The molecule has 0 spiro atoms. The minimum absolute atomic E-state index is 0.207. The zero-order valence-corrected chi connectivity index (χ0v) is 44.7. The highest BCUT2D eigenvalue weighted by Crippen LogP contribution is 2.23. The van der Waals surface area contributed by atoms with Crippen LogP contribution in [0.2, 0.25) is 0 Å². The molecular weight excluding hydrogens is 875 g/mol. The van der Waals surface area contributed by atoms with E-state index in [-0.39, 0.29) is 12.5 Å². The number of allylic oxidation sites excluding steroid dienone is 13. The fraction of sp³-hybridized carbons (Fsp3) is 0.754. The van der Waals surface area contributed by atoms with E-state index < -0.39 is 49.5 Å². The highest BCUT2D eigenvalue weighted by molar-refractivity contribution is 5.76. The van der Waals surface area contributed by atoms with Crippen molar-refractivity contribution in [2.45, 2.75) is 281 Å². The number of carbonyl (C=O) groups excluding carboxylic acids is 1. The van der Waals surface area contributed by atoms with Crippen LogP contribution in [0, 0.1) is 0 Å². The second kappa shape index (κ2) is 49.9. The Labute approximate surface area is 429 Å². The lowest BCUT2D eigenvalue weighted by molar-refractivity contribution is -0.302. The first-order valence-corrected chi connectivity index (χ1v) is 28.8. The van der Waals surface area contributed by atoms with Crippen molar-refractivity contribution in [3.05, 3.63) is 85.1 Å². The molecule has 1 rings (SSSR count). The molecule has 70 heavy (non-hydrogen) atoms. The van der Waals surface area contributed by atoms with Gasteiger partial charge in [-0.3, -0.25) is 4.79 Å². The van der Waals surface area contributed by atoms with Crippen molar-refractivity contribution >= 4 is 5.91 Å². The third kappa shape index (κ3) is 39.0. The Balaban J connectivity index is 2.28. The molecule has 6 N–H and O–H groups in total. The number of rotatable bonds is 48. The van der Waals surface area contributed by atoms with E-state index in [0.717, 1.165) is 89.9 Å². The fourth-order valence-electron chi connectivity index (χ4n) is 8.67. The lowest BCUT2D eigenvalue weighted by Gasteiger charge is -2.40. The fourth-order valence-corrected chi connectivity index (χ4v) is 8.67. The molecule has 0 aromatic heterocycles. The maximum Gasteiger partial charge on any atom is 0.220 e. The first-order valence-electron chi connectivity index (χ1n) is 28.8. The van der Waals surface area contributed by atoms with Crippen molar-refractivity contribution in [2.75, 3.05) is 13.2 Å². The van der Waals surface area contributed by atoms with Gasteiger partial charge >= 0.3 is 0 Å². The molecule has 9 heteroatoms. The van der Waals surface area contributed by atoms with Crippen LogP contribution in [0.15, 0.2) is 85.1 Å². The van der Waals surface area contributed by atoms with Crippen LogP contribution in [0.4, 0.5) is 0 Å². The summed E-state index contributed by atoms with van der Waals surface area (Å²) in [4.78, 5) is 13.0. The molecule has 1 saturated heterocycles. The number of hydrogen-bond donors (Lipinski definition) is 6. The van der Waals surface area contributed by atoms with E-state index in [0.29, 0.717) is 6.42 Å². The van der Waals surface area contributed by atoms with E-state index in [9.17, 15) is 30.3 Å². The van der Waals surface area contributed by atoms with Crippen LogP contribution in [0.1, 0.15) is 239 Å². The summed E-state index contributed by atoms with van der Waals surface area (Å²) in [6, 6.07) is -0.839. The third-order valence-electron chi connectivity index (χ3n) is 13.2. The highest BCUT2D eigenvalue weighted by atomic mass is 16.7. The summed E-state index contributed by atoms with van der Waals surface area (Å²) < 4.78 is 11.2. The molecule has 0 aliphatic carbocycles. The Hall–Kier alpha value is -2.63. The molecule has 9 nitrogen and oxygen atoms in total. The number of carbonyl (C=O) groups is 1. The predicted molar refractivity (Wildman–Crippen MR) is 295 cm³/mol. The number of hydrogen-bond acceptors (Lipinski definition) is 8. The van der Waals surface area contributed by atoms with Gasteiger partial charge < -0.3 is 40.3 Å². The Morgan fingerprint density at radius 1 is 0.500 bits per heavy atom. The summed E-state index contributed by atoms with van der Waals surface area (Å²) in [5.74, 6) is -0.207. The zero-order chi connectivity index (χ0) is 50.8. The molecule has 1 aliphatic heterocycles. The topological polar surface area (TPSA) is 149 Å². The van der Waals surface area contributed by atoms with Gasteiger partial charge in [-0.15, -0.1) is 0 Å². The van der Waals surface area contributed by atoms with E-state index in [1.54, 1.807) is 6.08 Å². The molecule has 7 unspecified atom stereocenters. The summed E-state index contributed by atoms with van der Waals surface area (Å²) in [6.07, 6.45) is 63.6. The minimum Gasteiger partial charge on any atom is -0.394 e. The molecule has 0 bridgehead atoms. The van der Waals surface area contributed by atoms with Gasteiger partial charge in [-0.1, -0.05) is 240 Å². The summed E-state index contributed by atoms with van der Waals surface area (Å²) in [7, 11) is 0. The Morgan fingerprint density at radius 3 is 1.37 bits per heavy atom. The maximum absolute atomic E-state index is 13.0. The highest BCUT2D eigenvalue weighted by Gasteiger charge is 2.44. The van der Waals surface area contributed by atoms with Gasteiger partial charge in [0, 0.05) is 6.42 Å². The lowest BCUT2D eigenvalue weighted by Crippen LogP contribution is -2.60. The first-order chi connectivity index (χ1) is 34.3. The molecule has 0 aromatic carbocycles. The van der Waals surface area contributed by atoms with E-state index in [1.165, 1.54) is 128 Å². The van der Waals surface area contributed by atoms with Gasteiger partial charge in [-0.2, -0.15) is 0 Å². The number of aliphatic hydroxyl groups excluding tert-OH is 5. The molecule has 7 atom stereocenters. The van der Waals surface area contributed by atoms with Gasteiger partial charge in [0.1, 0.15) is 24.4 Å². The third-order valence-corrected chi connectivity index (χ3v) is 13.2. The smallest absolute Gasteiger partial charge is 0.220 e. The van der Waals surface area contributed by atoms with E-state index >= 15 is 0 Å². The monoisotopic (exact) mass is 982 g/mol. The van der Waals surface area contributed by atoms with E-state index in [4.69, 9.17) is 9.47 Å². The Morgan fingerprint density at radius 2 is 0.900 bits per heavy atom. The van der Waals surface area contributed by atoms with Crippen LogP contribution in [0.3, 0.4) is 0 Å². The lowest BCUT2D eigenvalue weighted by atomic mass is 9.99. The molecule has 1 fully saturated rings. The Bertz CT molecular complexity index is 1370. The molecule has 0 saturated carbocycles. The molecule has 1 aliphatic rings. The standard InChI is InChI=1S/C61H107NO8/c1-3-5-7-9-11-13-15-17-19-21-23-25-26-27-28-29-31-32-34-36-38-40-42-44-46-48-50-55(64)54(53-69-61-60(68)59(67)58(66)56(52-63)70-61)62-57(65)51-49-47-45-43-41-39-37-35-33-30-24-22-20-18-16-14-12-10-8-6-4-2/h6,8,12,14,18,20,24,30,35,37,40,42,48,50,54-56,58-61,63-64,66-68H,3-5,7,9-11,13,15-17,19,21-23,25-29,31-34,36,38-39,41,43-47,49,51-53H2,1-2H3,(H,62,65)/b8-6-,14-12-,20-18-,30-24-,37-35-,42-40+,50-48+. The molecule has 0 radical (unpaired) electrons. The normalized spacial score (nSPS) is 20.0. The van der Waals surface area contributed by atoms with Gasteiger partial charge in [0.15, 0.2) is 6.29 Å². The number of ether oxygens (including phenoxy) is 2. The first kappa shape index (κ1) is 65.4. The SMILES string of the molecule is CC/C=C\C/C=C\C/C=C\C/C=C\C/C=C\CCCCCCCC(=O)NC(COC1OC(CO)C(O)C(O)C1O)C(O)/C=C/CC/C=C/CCCCCCCCCCCCCCCCCCCCCC. The molecular formula is C61H107NO8. The predicted octanol–water partition coefficient (Wildman–Crippen LogP) is 14.2. The molecule has 0 aromatic rings. The summed E-state index contributed by atoms with van der Waals surface area (Å²) in [5, 5.41) is 54.5. The van der Waals surface area contributed by atoms with Crippen molar-refractivity contribution in [2.24, 2.45) is 0 Å². The minimum atomic E-state index is -1.58. The molecule has 1 amide bonds. The second-order valence-electron chi connectivity index (χ2n) is 19.7. The number of unbranched alkanes of at least 4 members (excludes halogenated alkanes) is 26. The number of aliphatic hydroxyl groups is 5. The van der Waals surface area contributed by atoms with Gasteiger partial charge in [0.2, 0.25) is 5.91 Å². The van der Waals surface area contributed by atoms with E-state index in [2.05, 4.69) is 92.1 Å². The quantitative estimate of drug-likeness (QED) is 0.0261. The van der Waals surface area contributed by atoms with Crippen molar-refractivity contribution in [3.63, 3.8) is 0 Å². The van der Waals surface area contributed by atoms with Gasteiger partial charge in [0.25, 0.3) is 0 Å². The molecule has 1 heterocycles. The number of nitrogens with one attached hydrogen (secondary N) is 1. The van der Waals surface area contributed by atoms with Crippen LogP contribution in [0.5, 0.6) is 0 Å². The summed E-state index contributed by atoms with van der Waals surface area (Å²) in [6.45, 7) is 3.65. The van der Waals surface area contributed by atoms with Crippen molar-refractivity contribution in [3.8, 4) is 0 Å².